The Hall–Kier alpha value is -4.14. The number of aromatic hydroxyl groups is 1. The number of carbonyl (C=O) groups excluding carboxylic acids is 2. The van der Waals surface area contributed by atoms with Crippen LogP contribution in [0.4, 0.5) is 5.69 Å². The van der Waals surface area contributed by atoms with Gasteiger partial charge in [-0.3, -0.25) is 9.59 Å². The van der Waals surface area contributed by atoms with Crippen LogP contribution in [-0.2, 0) is 4.74 Å². The molecule has 9 heteroatoms. The average molecular weight is 423 g/mol. The highest BCUT2D eigenvalue weighted by molar-refractivity contribution is 6.05. The van der Waals surface area contributed by atoms with E-state index < -0.39 is 23.2 Å². The Balaban J connectivity index is 1.91. The maximum absolute atomic E-state index is 12.7. The van der Waals surface area contributed by atoms with Gasteiger partial charge in [-0.15, -0.1) is 0 Å². The predicted molar refractivity (Wildman–Crippen MR) is 113 cm³/mol. The molecule has 3 aromatic rings. The Kier molecular flexibility index (Phi) is 6.66. The number of nitrogens with zero attached hydrogens (tertiary/aromatic N) is 2. The second-order valence-electron chi connectivity index (χ2n) is 6.47. The number of methoxy groups -OCH3 is 1. The molecule has 0 aliphatic rings. The minimum atomic E-state index is -0.764. The summed E-state index contributed by atoms with van der Waals surface area (Å²) < 4.78 is 11.3. The zero-order valence-electron chi connectivity index (χ0n) is 17.0. The van der Waals surface area contributed by atoms with Crippen LogP contribution in [0.25, 0.3) is 5.69 Å². The molecule has 160 valence electrons. The SMILES string of the molecule is CCCOC(=O)c1cccc(NC(=O)c2nn(-c3ccccc3OC)c(=O)cc2O)c1. The van der Waals surface area contributed by atoms with Crippen molar-refractivity contribution in [2.75, 3.05) is 19.0 Å². The zero-order chi connectivity index (χ0) is 22.4. The van der Waals surface area contributed by atoms with Gasteiger partial charge in [0.2, 0.25) is 0 Å². The first-order valence-electron chi connectivity index (χ1n) is 9.50. The van der Waals surface area contributed by atoms with E-state index >= 15 is 0 Å². The van der Waals surface area contributed by atoms with Crippen molar-refractivity contribution in [3.05, 3.63) is 76.2 Å². The molecule has 31 heavy (non-hydrogen) atoms. The van der Waals surface area contributed by atoms with Gasteiger partial charge in [-0.25, -0.2) is 4.79 Å². The second-order valence-corrected chi connectivity index (χ2v) is 6.47. The first-order chi connectivity index (χ1) is 14.9. The molecular formula is C22H21N3O6. The fourth-order valence-electron chi connectivity index (χ4n) is 2.78. The van der Waals surface area contributed by atoms with Crippen molar-refractivity contribution < 1.29 is 24.2 Å². The minimum absolute atomic E-state index is 0.266. The summed E-state index contributed by atoms with van der Waals surface area (Å²) in [6, 6.07) is 13.7. The second kappa shape index (κ2) is 9.57. The van der Waals surface area contributed by atoms with Crippen LogP contribution in [0.3, 0.4) is 0 Å². The number of carbonyl (C=O) groups is 2. The molecule has 0 saturated carbocycles. The van der Waals surface area contributed by atoms with Crippen LogP contribution in [-0.4, -0.2) is 40.5 Å². The Morgan fingerprint density at radius 1 is 1.13 bits per heavy atom. The predicted octanol–water partition coefficient (Wildman–Crippen LogP) is 2.77. The van der Waals surface area contributed by atoms with Gasteiger partial charge in [0.05, 0.1) is 19.3 Å². The van der Waals surface area contributed by atoms with Gasteiger partial charge >= 0.3 is 5.97 Å². The number of nitrogens with one attached hydrogen (secondary N) is 1. The average Bonchev–Trinajstić information content (AvgIpc) is 2.77. The smallest absolute Gasteiger partial charge is 0.338 e. The number of ether oxygens (including phenoxy) is 2. The summed E-state index contributed by atoms with van der Waals surface area (Å²) in [6.07, 6.45) is 0.690. The first kappa shape index (κ1) is 21.6. The van der Waals surface area contributed by atoms with Crippen molar-refractivity contribution in [2.24, 2.45) is 0 Å². The standard InChI is InChI=1S/C22H21N3O6/c1-3-11-31-22(29)14-7-6-8-15(12-14)23-21(28)20-17(26)13-19(27)25(24-20)16-9-4-5-10-18(16)30-2/h4-10,12-13,26H,3,11H2,1-2H3,(H,23,28). The van der Waals surface area contributed by atoms with Crippen LogP contribution in [0.15, 0.2) is 59.4 Å². The zero-order valence-corrected chi connectivity index (χ0v) is 17.0. The quantitative estimate of drug-likeness (QED) is 0.561. The van der Waals surface area contributed by atoms with E-state index in [2.05, 4.69) is 10.4 Å². The molecule has 1 heterocycles. The highest BCUT2D eigenvalue weighted by atomic mass is 16.5. The molecule has 0 aliphatic heterocycles. The molecule has 3 rings (SSSR count). The number of hydrogen-bond acceptors (Lipinski definition) is 7. The molecule has 2 aromatic carbocycles. The summed E-state index contributed by atoms with van der Waals surface area (Å²) >= 11 is 0. The van der Waals surface area contributed by atoms with Crippen molar-refractivity contribution in [3.8, 4) is 17.2 Å². The first-order valence-corrected chi connectivity index (χ1v) is 9.50. The lowest BCUT2D eigenvalue weighted by molar-refractivity contribution is 0.0505. The third kappa shape index (κ3) is 4.89. The molecule has 0 radical (unpaired) electrons. The van der Waals surface area contributed by atoms with Crippen LogP contribution in [0, 0.1) is 0 Å². The maximum Gasteiger partial charge on any atom is 0.338 e. The van der Waals surface area contributed by atoms with Gasteiger partial charge in [0.1, 0.15) is 11.4 Å². The van der Waals surface area contributed by atoms with Crippen molar-refractivity contribution in [1.29, 1.82) is 0 Å². The lowest BCUT2D eigenvalue weighted by atomic mass is 10.2. The molecular weight excluding hydrogens is 402 g/mol. The maximum atomic E-state index is 12.7. The molecule has 0 fully saturated rings. The number of aromatic nitrogens is 2. The Labute approximate surface area is 177 Å². The van der Waals surface area contributed by atoms with Gasteiger partial charge < -0.3 is 19.9 Å². The van der Waals surface area contributed by atoms with Crippen LogP contribution in [0.5, 0.6) is 11.5 Å². The summed E-state index contributed by atoms with van der Waals surface area (Å²) in [5, 5.41) is 16.7. The van der Waals surface area contributed by atoms with E-state index in [-0.39, 0.29) is 17.9 Å². The van der Waals surface area contributed by atoms with Gasteiger partial charge in [0.25, 0.3) is 11.5 Å². The number of para-hydroxylation sites is 2. The van der Waals surface area contributed by atoms with Gasteiger partial charge in [-0.05, 0) is 36.8 Å². The van der Waals surface area contributed by atoms with Crippen molar-refractivity contribution >= 4 is 17.6 Å². The Morgan fingerprint density at radius 3 is 2.65 bits per heavy atom. The summed E-state index contributed by atoms with van der Waals surface area (Å²) in [5.74, 6) is -1.48. The number of hydrogen-bond donors (Lipinski definition) is 2. The monoisotopic (exact) mass is 423 g/mol. The molecule has 2 N–H and O–H groups in total. The molecule has 9 nitrogen and oxygen atoms in total. The third-order valence-electron chi connectivity index (χ3n) is 4.23. The van der Waals surface area contributed by atoms with Crippen LogP contribution < -0.4 is 15.6 Å². The summed E-state index contributed by atoms with van der Waals surface area (Å²) in [7, 11) is 1.44. The normalized spacial score (nSPS) is 10.4. The Bertz CT molecular complexity index is 1170. The molecule has 0 aliphatic carbocycles. The molecule has 0 spiro atoms. The fraction of sp³-hybridized carbons (Fsp3) is 0.182. The summed E-state index contributed by atoms with van der Waals surface area (Å²) in [6.45, 7) is 2.17. The minimum Gasteiger partial charge on any atom is -0.505 e. The third-order valence-corrected chi connectivity index (χ3v) is 4.23. The molecule has 1 amide bonds. The number of amides is 1. The van der Waals surface area contributed by atoms with Crippen molar-refractivity contribution in [2.45, 2.75) is 13.3 Å². The van der Waals surface area contributed by atoms with Gasteiger partial charge in [-0.2, -0.15) is 9.78 Å². The topological polar surface area (TPSA) is 120 Å². The molecule has 0 atom stereocenters. The van der Waals surface area contributed by atoms with E-state index in [1.165, 1.54) is 13.2 Å². The number of rotatable bonds is 7. The number of esters is 1. The van der Waals surface area contributed by atoms with E-state index in [1.54, 1.807) is 42.5 Å². The molecule has 0 bridgehead atoms. The Morgan fingerprint density at radius 2 is 1.90 bits per heavy atom. The highest BCUT2D eigenvalue weighted by Crippen LogP contribution is 2.22. The van der Waals surface area contributed by atoms with E-state index in [1.807, 2.05) is 6.92 Å². The highest BCUT2D eigenvalue weighted by Gasteiger charge is 2.19. The summed E-state index contributed by atoms with van der Waals surface area (Å²) in [5.41, 5.74) is -0.136. The van der Waals surface area contributed by atoms with Crippen LogP contribution >= 0.6 is 0 Å². The van der Waals surface area contributed by atoms with Crippen LogP contribution in [0.1, 0.15) is 34.2 Å². The fourth-order valence-corrected chi connectivity index (χ4v) is 2.78. The molecule has 0 saturated heterocycles. The van der Waals surface area contributed by atoms with Gasteiger partial charge in [-0.1, -0.05) is 25.1 Å². The number of benzene rings is 2. The van der Waals surface area contributed by atoms with Gasteiger partial charge in [0, 0.05) is 11.8 Å². The van der Waals surface area contributed by atoms with Crippen LogP contribution in [0.2, 0.25) is 0 Å². The molecule has 0 unspecified atom stereocenters. The van der Waals surface area contributed by atoms with Crippen molar-refractivity contribution in [1.82, 2.24) is 9.78 Å². The van der Waals surface area contributed by atoms with E-state index in [0.717, 1.165) is 10.7 Å². The molecule has 1 aromatic heterocycles. The van der Waals surface area contributed by atoms with Gasteiger partial charge in [0.15, 0.2) is 11.4 Å². The summed E-state index contributed by atoms with van der Waals surface area (Å²) in [4.78, 5) is 37.1. The van der Waals surface area contributed by atoms with Crippen molar-refractivity contribution in [3.63, 3.8) is 0 Å². The van der Waals surface area contributed by atoms with E-state index in [4.69, 9.17) is 9.47 Å². The number of anilines is 1. The van der Waals surface area contributed by atoms with E-state index in [0.29, 0.717) is 23.5 Å². The lowest BCUT2D eigenvalue weighted by Gasteiger charge is -2.12. The van der Waals surface area contributed by atoms with E-state index in [9.17, 15) is 19.5 Å². The lowest BCUT2D eigenvalue weighted by Crippen LogP contribution is -2.25. The largest absolute Gasteiger partial charge is 0.505 e.